The molecule has 0 atom stereocenters. The van der Waals surface area contributed by atoms with Crippen LogP contribution >= 0.6 is 15.9 Å². The Bertz CT molecular complexity index is 603. The smallest absolute Gasteiger partial charge is 0.314 e. The van der Waals surface area contributed by atoms with Gasteiger partial charge in [-0.05, 0) is 78.1 Å². The first-order chi connectivity index (χ1) is 10.0. The third kappa shape index (κ3) is 2.02. The van der Waals surface area contributed by atoms with E-state index in [-0.39, 0.29) is 0 Å². The van der Waals surface area contributed by atoms with Gasteiger partial charge in [-0.15, -0.1) is 0 Å². The fourth-order valence-electron chi connectivity index (χ4n) is 4.00. The molecular formula is C17H21BrO3. The van der Waals surface area contributed by atoms with Gasteiger partial charge >= 0.3 is 5.97 Å². The first-order valence-corrected chi connectivity index (χ1v) is 8.44. The molecule has 0 radical (unpaired) electrons. The van der Waals surface area contributed by atoms with Crippen molar-refractivity contribution in [2.24, 2.45) is 0 Å². The first kappa shape index (κ1) is 14.9. The van der Waals surface area contributed by atoms with Crippen LogP contribution in [0.1, 0.15) is 54.4 Å². The number of ether oxygens (including phenoxy) is 1. The van der Waals surface area contributed by atoms with Crippen LogP contribution in [0.15, 0.2) is 4.47 Å². The highest BCUT2D eigenvalue weighted by molar-refractivity contribution is 9.10. The maximum Gasteiger partial charge on any atom is 0.314 e. The number of aliphatic carboxylic acids is 1. The summed E-state index contributed by atoms with van der Waals surface area (Å²) in [6.45, 7) is 2.08. The van der Waals surface area contributed by atoms with E-state index in [0.717, 1.165) is 40.6 Å². The fraction of sp³-hybridized carbons (Fsp3) is 0.588. The van der Waals surface area contributed by atoms with E-state index in [9.17, 15) is 9.90 Å². The lowest BCUT2D eigenvalue weighted by Gasteiger charge is -2.41. The summed E-state index contributed by atoms with van der Waals surface area (Å²) in [5.74, 6) is 0.0352. The van der Waals surface area contributed by atoms with Crippen molar-refractivity contribution in [1.82, 2.24) is 0 Å². The first-order valence-electron chi connectivity index (χ1n) is 7.64. The summed E-state index contributed by atoms with van der Waals surface area (Å²) in [6, 6.07) is 0. The minimum atomic E-state index is -0.746. The maximum absolute atomic E-state index is 11.9. The molecule has 114 valence electrons. The quantitative estimate of drug-likeness (QED) is 0.888. The Morgan fingerprint density at radius 2 is 1.81 bits per heavy atom. The Kier molecular flexibility index (Phi) is 3.76. The number of hydrogen-bond donors (Lipinski definition) is 1. The molecule has 0 spiro atoms. The van der Waals surface area contributed by atoms with E-state index in [2.05, 4.69) is 22.9 Å². The minimum Gasteiger partial charge on any atom is -0.495 e. The SMILES string of the molecule is COc1c(Br)c2c(c(C)c1C1(C(=O)O)CCC1)CCCC2. The molecule has 0 aromatic heterocycles. The molecule has 0 heterocycles. The van der Waals surface area contributed by atoms with Crippen LogP contribution in [0.3, 0.4) is 0 Å². The molecule has 2 aliphatic carbocycles. The zero-order chi connectivity index (χ0) is 15.2. The van der Waals surface area contributed by atoms with E-state index in [1.807, 2.05) is 0 Å². The van der Waals surface area contributed by atoms with Gasteiger partial charge in [-0.3, -0.25) is 4.79 Å². The molecule has 1 aromatic carbocycles. The molecule has 21 heavy (non-hydrogen) atoms. The number of rotatable bonds is 3. The Morgan fingerprint density at radius 3 is 2.29 bits per heavy atom. The third-order valence-electron chi connectivity index (χ3n) is 5.29. The van der Waals surface area contributed by atoms with Crippen LogP contribution in [0.2, 0.25) is 0 Å². The van der Waals surface area contributed by atoms with Crippen molar-refractivity contribution < 1.29 is 14.6 Å². The Balaban J connectivity index is 2.29. The average Bonchev–Trinajstić information content (AvgIpc) is 2.43. The predicted molar refractivity (Wildman–Crippen MR) is 85.2 cm³/mol. The summed E-state index contributed by atoms with van der Waals surface area (Å²) in [5.41, 5.74) is 3.98. The number of carboxylic acid groups (broad SMARTS) is 1. The van der Waals surface area contributed by atoms with Crippen LogP contribution in [-0.2, 0) is 23.1 Å². The topological polar surface area (TPSA) is 46.5 Å². The van der Waals surface area contributed by atoms with Gasteiger partial charge in [0.05, 0.1) is 17.0 Å². The van der Waals surface area contributed by atoms with E-state index in [4.69, 9.17) is 4.74 Å². The van der Waals surface area contributed by atoms with E-state index in [1.165, 1.54) is 24.0 Å². The molecule has 1 fully saturated rings. The minimum absolute atomic E-state index is 0.710. The van der Waals surface area contributed by atoms with Gasteiger partial charge in [-0.1, -0.05) is 6.42 Å². The summed E-state index contributed by atoms with van der Waals surface area (Å²) in [5, 5.41) is 9.81. The normalized spacial score (nSPS) is 19.6. The van der Waals surface area contributed by atoms with Gasteiger partial charge in [0.1, 0.15) is 5.75 Å². The molecule has 1 aromatic rings. The van der Waals surface area contributed by atoms with Crippen molar-refractivity contribution in [3.8, 4) is 5.75 Å². The number of carboxylic acids is 1. The number of hydrogen-bond acceptors (Lipinski definition) is 2. The second kappa shape index (κ2) is 5.31. The second-order valence-corrected chi connectivity index (χ2v) is 7.05. The highest BCUT2D eigenvalue weighted by Gasteiger charge is 2.49. The number of halogens is 1. The number of benzene rings is 1. The largest absolute Gasteiger partial charge is 0.495 e. The zero-order valence-corrected chi connectivity index (χ0v) is 14.2. The highest BCUT2D eigenvalue weighted by atomic mass is 79.9. The van der Waals surface area contributed by atoms with Crippen molar-refractivity contribution >= 4 is 21.9 Å². The monoisotopic (exact) mass is 352 g/mol. The van der Waals surface area contributed by atoms with E-state index < -0.39 is 11.4 Å². The van der Waals surface area contributed by atoms with Crippen LogP contribution < -0.4 is 4.74 Å². The molecule has 0 amide bonds. The molecule has 1 saturated carbocycles. The zero-order valence-electron chi connectivity index (χ0n) is 12.6. The van der Waals surface area contributed by atoms with Gasteiger partial charge in [0.15, 0.2) is 0 Å². The van der Waals surface area contributed by atoms with Crippen molar-refractivity contribution in [2.75, 3.05) is 7.11 Å². The molecule has 3 rings (SSSR count). The highest BCUT2D eigenvalue weighted by Crippen LogP contribution is 2.53. The van der Waals surface area contributed by atoms with Crippen LogP contribution in [0, 0.1) is 6.92 Å². The van der Waals surface area contributed by atoms with Crippen molar-refractivity contribution in [2.45, 2.75) is 57.3 Å². The summed E-state index contributed by atoms with van der Waals surface area (Å²) < 4.78 is 6.62. The van der Waals surface area contributed by atoms with Crippen LogP contribution in [0.25, 0.3) is 0 Å². The van der Waals surface area contributed by atoms with Gasteiger partial charge in [-0.25, -0.2) is 0 Å². The lowest BCUT2D eigenvalue weighted by Crippen LogP contribution is -2.43. The Hall–Kier alpha value is -1.03. The molecule has 2 aliphatic rings. The number of carbonyl (C=O) groups is 1. The van der Waals surface area contributed by atoms with Crippen molar-refractivity contribution in [3.05, 3.63) is 26.7 Å². The summed E-state index contributed by atoms with van der Waals surface area (Å²) in [7, 11) is 1.65. The molecule has 0 aliphatic heterocycles. The average molecular weight is 353 g/mol. The summed E-state index contributed by atoms with van der Waals surface area (Å²) in [6.07, 6.45) is 6.88. The lowest BCUT2D eigenvalue weighted by atomic mass is 9.62. The van der Waals surface area contributed by atoms with Gasteiger partial charge in [0.2, 0.25) is 0 Å². The van der Waals surface area contributed by atoms with Gasteiger partial charge < -0.3 is 9.84 Å². The molecule has 4 heteroatoms. The lowest BCUT2D eigenvalue weighted by molar-refractivity contribution is -0.147. The van der Waals surface area contributed by atoms with Crippen LogP contribution in [0.5, 0.6) is 5.75 Å². The molecule has 1 N–H and O–H groups in total. The third-order valence-corrected chi connectivity index (χ3v) is 6.12. The van der Waals surface area contributed by atoms with Crippen LogP contribution in [0.4, 0.5) is 0 Å². The van der Waals surface area contributed by atoms with Gasteiger partial charge in [-0.2, -0.15) is 0 Å². The summed E-state index contributed by atoms with van der Waals surface area (Å²) in [4.78, 5) is 11.9. The molecule has 3 nitrogen and oxygen atoms in total. The van der Waals surface area contributed by atoms with Crippen LogP contribution in [-0.4, -0.2) is 18.2 Å². The molecule has 0 saturated heterocycles. The molecular weight excluding hydrogens is 332 g/mol. The molecule has 0 unspecified atom stereocenters. The van der Waals surface area contributed by atoms with Crippen molar-refractivity contribution in [3.63, 3.8) is 0 Å². The van der Waals surface area contributed by atoms with E-state index in [1.54, 1.807) is 7.11 Å². The fourth-order valence-corrected chi connectivity index (χ4v) is 4.80. The molecule has 0 bridgehead atoms. The predicted octanol–water partition coefficient (Wildman–Crippen LogP) is 4.15. The van der Waals surface area contributed by atoms with Crippen molar-refractivity contribution in [1.29, 1.82) is 0 Å². The van der Waals surface area contributed by atoms with Gasteiger partial charge in [0, 0.05) is 5.56 Å². The Morgan fingerprint density at radius 1 is 1.19 bits per heavy atom. The summed E-state index contributed by atoms with van der Waals surface area (Å²) >= 11 is 3.69. The Labute approximate surface area is 133 Å². The van der Waals surface area contributed by atoms with E-state index >= 15 is 0 Å². The number of fused-ring (bicyclic) bond motifs is 1. The van der Waals surface area contributed by atoms with E-state index in [0.29, 0.717) is 12.8 Å². The maximum atomic E-state index is 11.9. The van der Waals surface area contributed by atoms with Gasteiger partial charge in [0.25, 0.3) is 0 Å². The number of methoxy groups -OCH3 is 1. The standard InChI is InChI=1S/C17H21BrO3/c1-10-11-6-3-4-7-12(11)14(18)15(21-2)13(10)17(16(19)20)8-5-9-17/h3-9H2,1-2H3,(H,19,20). The second-order valence-electron chi connectivity index (χ2n) is 6.25.